The molecule has 2 aromatic rings. The Balaban J connectivity index is 1.74. The number of amides is 2. The lowest BCUT2D eigenvalue weighted by atomic mass is 10.1. The number of esters is 1. The van der Waals surface area contributed by atoms with Crippen LogP contribution in [0.3, 0.4) is 0 Å². The van der Waals surface area contributed by atoms with Crippen LogP contribution in [-0.4, -0.2) is 35.2 Å². The van der Waals surface area contributed by atoms with Crippen LogP contribution in [0.5, 0.6) is 5.75 Å². The lowest BCUT2D eigenvalue weighted by molar-refractivity contribution is -0.145. The van der Waals surface area contributed by atoms with Gasteiger partial charge in [-0.15, -0.1) is 0 Å². The van der Waals surface area contributed by atoms with Crippen molar-refractivity contribution in [1.82, 2.24) is 4.90 Å². The van der Waals surface area contributed by atoms with Crippen LogP contribution in [0.4, 0.5) is 4.79 Å². The number of imide groups is 1. The maximum Gasteiger partial charge on any atom is 0.326 e. The molecule has 8 heteroatoms. The summed E-state index contributed by atoms with van der Waals surface area (Å²) in [5.74, 6) is -0.527. The van der Waals surface area contributed by atoms with Gasteiger partial charge in [-0.2, -0.15) is 0 Å². The van der Waals surface area contributed by atoms with Gasteiger partial charge in [-0.3, -0.25) is 19.3 Å². The number of carbonyl (C=O) groups excluding carboxylic acids is 3. The molecule has 0 aliphatic carbocycles. The lowest BCUT2D eigenvalue weighted by Crippen LogP contribution is -2.34. The molecule has 0 unspecified atom stereocenters. The molecule has 3 rings (SSSR count). The average molecular weight is 523 g/mol. The quantitative estimate of drug-likeness (QED) is 0.303. The van der Waals surface area contributed by atoms with E-state index in [-0.39, 0.29) is 18.1 Å². The van der Waals surface area contributed by atoms with Crippen LogP contribution in [0.25, 0.3) is 6.08 Å². The van der Waals surface area contributed by atoms with E-state index in [9.17, 15) is 14.4 Å². The molecule has 6 nitrogen and oxygen atoms in total. The van der Waals surface area contributed by atoms with Crippen molar-refractivity contribution in [2.24, 2.45) is 0 Å². The van der Waals surface area contributed by atoms with Crippen LogP contribution in [-0.2, 0) is 20.9 Å². The molecule has 1 aliphatic heterocycles. The minimum Gasteiger partial charge on any atom is -0.488 e. The summed E-state index contributed by atoms with van der Waals surface area (Å²) in [5.41, 5.74) is 1.70. The van der Waals surface area contributed by atoms with Gasteiger partial charge >= 0.3 is 5.97 Å². The Labute approximate surface area is 186 Å². The minimum absolute atomic E-state index is 0.191. The van der Waals surface area contributed by atoms with E-state index in [0.29, 0.717) is 17.9 Å². The van der Waals surface area contributed by atoms with Crippen LogP contribution in [0.2, 0.25) is 0 Å². The second kappa shape index (κ2) is 9.93. The normalized spacial score (nSPS) is 15.1. The van der Waals surface area contributed by atoms with Gasteiger partial charge in [0.1, 0.15) is 18.9 Å². The minimum atomic E-state index is -0.614. The third kappa shape index (κ3) is 5.60. The van der Waals surface area contributed by atoms with Gasteiger partial charge in [-0.05, 0) is 71.1 Å². The van der Waals surface area contributed by atoms with Crippen molar-refractivity contribution >= 4 is 57.5 Å². The van der Waals surface area contributed by atoms with E-state index in [1.165, 1.54) is 0 Å². The van der Waals surface area contributed by atoms with Gasteiger partial charge in [0.15, 0.2) is 0 Å². The Bertz CT molecular complexity index is 958. The van der Waals surface area contributed by atoms with Crippen LogP contribution in [0.1, 0.15) is 18.1 Å². The van der Waals surface area contributed by atoms with E-state index < -0.39 is 17.1 Å². The zero-order valence-electron chi connectivity index (χ0n) is 15.6. The fraction of sp³-hybridized carbons (Fsp3) is 0.190. The molecule has 0 spiro atoms. The topological polar surface area (TPSA) is 72.9 Å². The van der Waals surface area contributed by atoms with Crippen molar-refractivity contribution in [2.75, 3.05) is 13.2 Å². The van der Waals surface area contributed by atoms with Gasteiger partial charge in [0.05, 0.1) is 11.5 Å². The van der Waals surface area contributed by atoms with Gasteiger partial charge in [0.2, 0.25) is 0 Å². The molecule has 0 atom stereocenters. The maximum atomic E-state index is 12.5. The van der Waals surface area contributed by atoms with Crippen LogP contribution >= 0.6 is 34.4 Å². The Morgan fingerprint density at radius 1 is 1.14 bits per heavy atom. The highest BCUT2D eigenvalue weighted by atomic mass is 127. The third-order valence-corrected chi connectivity index (χ3v) is 5.61. The molecule has 1 aliphatic rings. The predicted octanol–water partition coefficient (Wildman–Crippen LogP) is 4.47. The highest BCUT2D eigenvalue weighted by Gasteiger charge is 2.36. The van der Waals surface area contributed by atoms with E-state index in [4.69, 9.17) is 9.47 Å². The van der Waals surface area contributed by atoms with E-state index in [1.54, 1.807) is 19.1 Å². The number of halogens is 1. The van der Waals surface area contributed by atoms with Crippen molar-refractivity contribution in [3.8, 4) is 5.75 Å². The molecular weight excluding hydrogens is 505 g/mol. The Hall–Kier alpha value is -2.33. The van der Waals surface area contributed by atoms with Gasteiger partial charge in [0.25, 0.3) is 11.1 Å². The smallest absolute Gasteiger partial charge is 0.326 e. The molecule has 1 saturated heterocycles. The summed E-state index contributed by atoms with van der Waals surface area (Å²) in [6, 6.07) is 15.3. The number of hydrogen-bond acceptors (Lipinski definition) is 6. The van der Waals surface area contributed by atoms with Gasteiger partial charge in [-0.25, -0.2) is 0 Å². The number of rotatable bonds is 7. The SMILES string of the molecule is CCOC(=O)CN1C(=O)S/C(=C/c2ccccc2OCc2ccc(I)cc2)C1=O. The number of thioether (sulfide) groups is 1. The first-order valence-electron chi connectivity index (χ1n) is 8.85. The Kier molecular flexibility index (Phi) is 7.32. The maximum absolute atomic E-state index is 12.5. The highest BCUT2D eigenvalue weighted by molar-refractivity contribution is 14.1. The first-order valence-corrected chi connectivity index (χ1v) is 10.7. The number of carbonyl (C=O) groups is 3. The molecule has 0 saturated carbocycles. The number of nitrogens with zero attached hydrogens (tertiary/aromatic N) is 1. The Morgan fingerprint density at radius 2 is 1.86 bits per heavy atom. The van der Waals surface area contributed by atoms with E-state index >= 15 is 0 Å². The molecule has 29 heavy (non-hydrogen) atoms. The fourth-order valence-electron chi connectivity index (χ4n) is 2.59. The van der Waals surface area contributed by atoms with E-state index in [2.05, 4.69) is 22.6 Å². The van der Waals surface area contributed by atoms with Crippen molar-refractivity contribution < 1.29 is 23.9 Å². The molecule has 0 radical (unpaired) electrons. The summed E-state index contributed by atoms with van der Waals surface area (Å²) in [6.45, 7) is 1.85. The van der Waals surface area contributed by atoms with Crippen molar-refractivity contribution in [2.45, 2.75) is 13.5 Å². The summed E-state index contributed by atoms with van der Waals surface area (Å²) in [6.07, 6.45) is 1.61. The summed E-state index contributed by atoms with van der Waals surface area (Å²) in [7, 11) is 0. The largest absolute Gasteiger partial charge is 0.488 e. The molecule has 0 bridgehead atoms. The summed E-state index contributed by atoms with van der Waals surface area (Å²) < 4.78 is 11.9. The number of ether oxygens (including phenoxy) is 2. The van der Waals surface area contributed by atoms with Crippen molar-refractivity contribution in [1.29, 1.82) is 0 Å². The Morgan fingerprint density at radius 3 is 2.59 bits per heavy atom. The summed E-state index contributed by atoms with van der Waals surface area (Å²) >= 11 is 3.04. The van der Waals surface area contributed by atoms with E-state index in [0.717, 1.165) is 25.8 Å². The second-order valence-corrected chi connectivity index (χ2v) is 8.26. The predicted molar refractivity (Wildman–Crippen MR) is 119 cm³/mol. The van der Waals surface area contributed by atoms with Gasteiger partial charge < -0.3 is 9.47 Å². The molecule has 1 heterocycles. The van der Waals surface area contributed by atoms with Crippen molar-refractivity contribution in [3.05, 3.63) is 68.1 Å². The lowest BCUT2D eigenvalue weighted by Gasteiger charge is -2.11. The van der Waals surface area contributed by atoms with Crippen LogP contribution < -0.4 is 4.74 Å². The standard InChI is InChI=1S/C21H18INO5S/c1-2-27-19(24)12-23-20(25)18(29-21(23)26)11-15-5-3-4-6-17(15)28-13-14-7-9-16(22)10-8-14/h3-11H,2,12-13H2,1H3/b18-11+. The first kappa shape index (κ1) is 21.4. The molecule has 150 valence electrons. The summed E-state index contributed by atoms with van der Waals surface area (Å²) in [4.78, 5) is 37.5. The van der Waals surface area contributed by atoms with Gasteiger partial charge in [-0.1, -0.05) is 30.3 Å². The molecule has 1 fully saturated rings. The highest BCUT2D eigenvalue weighted by Crippen LogP contribution is 2.34. The van der Waals surface area contributed by atoms with E-state index in [1.807, 2.05) is 42.5 Å². The number of para-hydroxylation sites is 1. The third-order valence-electron chi connectivity index (χ3n) is 3.98. The molecule has 0 N–H and O–H groups in total. The number of hydrogen-bond donors (Lipinski definition) is 0. The molecule has 0 aromatic heterocycles. The zero-order chi connectivity index (χ0) is 20.8. The fourth-order valence-corrected chi connectivity index (χ4v) is 3.77. The molecule has 2 amide bonds. The molecular formula is C21H18INO5S. The average Bonchev–Trinajstić information content (AvgIpc) is 2.96. The van der Waals surface area contributed by atoms with Crippen LogP contribution in [0.15, 0.2) is 53.4 Å². The van der Waals surface area contributed by atoms with Crippen LogP contribution in [0, 0.1) is 3.57 Å². The molecule has 2 aromatic carbocycles. The zero-order valence-corrected chi connectivity index (χ0v) is 18.6. The summed E-state index contributed by atoms with van der Waals surface area (Å²) in [5, 5.41) is -0.494. The second-order valence-electron chi connectivity index (χ2n) is 6.03. The van der Waals surface area contributed by atoms with Crippen molar-refractivity contribution in [3.63, 3.8) is 0 Å². The van der Waals surface area contributed by atoms with Gasteiger partial charge in [0, 0.05) is 9.13 Å². The monoisotopic (exact) mass is 523 g/mol. The first-order chi connectivity index (χ1) is 14.0. The number of benzene rings is 2.